The highest BCUT2D eigenvalue weighted by Crippen LogP contribution is 2.20. The monoisotopic (exact) mass is 321 g/mol. The van der Waals surface area contributed by atoms with E-state index in [9.17, 15) is 8.42 Å². The number of nitrogens with two attached hydrogens (primary N) is 1. The van der Waals surface area contributed by atoms with Crippen molar-refractivity contribution < 1.29 is 8.42 Å². The largest absolute Gasteiger partial charge is 0.399 e. The van der Waals surface area contributed by atoms with E-state index in [0.29, 0.717) is 27.3 Å². The van der Waals surface area contributed by atoms with Gasteiger partial charge < -0.3 is 10.7 Å². The lowest BCUT2D eigenvalue weighted by Crippen LogP contribution is -2.06. The zero-order chi connectivity index (χ0) is 15.0. The van der Waals surface area contributed by atoms with Crippen LogP contribution in [0.5, 0.6) is 0 Å². The molecular formula is C14H12ClN3O2S. The third-order valence-corrected chi connectivity index (χ3v) is 4.80. The van der Waals surface area contributed by atoms with E-state index in [1.54, 1.807) is 42.5 Å². The van der Waals surface area contributed by atoms with E-state index in [1.165, 1.54) is 0 Å². The van der Waals surface area contributed by atoms with Crippen molar-refractivity contribution in [3.8, 4) is 0 Å². The molecule has 2 aromatic carbocycles. The first-order valence-corrected chi connectivity index (χ1v) is 8.19. The summed E-state index contributed by atoms with van der Waals surface area (Å²) < 4.78 is 24.8. The van der Waals surface area contributed by atoms with Gasteiger partial charge in [0.25, 0.3) is 0 Å². The number of nitrogens with zero attached hydrogens (tertiary/aromatic N) is 1. The van der Waals surface area contributed by atoms with Crippen LogP contribution in [0.3, 0.4) is 0 Å². The van der Waals surface area contributed by atoms with Gasteiger partial charge >= 0.3 is 0 Å². The number of halogens is 1. The van der Waals surface area contributed by atoms with E-state index in [2.05, 4.69) is 9.97 Å². The summed E-state index contributed by atoms with van der Waals surface area (Å²) in [7, 11) is -3.55. The zero-order valence-corrected chi connectivity index (χ0v) is 12.4. The Morgan fingerprint density at radius 1 is 1.14 bits per heavy atom. The molecule has 0 spiro atoms. The number of hydrogen-bond acceptors (Lipinski definition) is 4. The minimum Gasteiger partial charge on any atom is -0.399 e. The number of H-pyrrole nitrogens is 1. The van der Waals surface area contributed by atoms with Crippen molar-refractivity contribution in [2.75, 3.05) is 5.73 Å². The van der Waals surface area contributed by atoms with Gasteiger partial charge in [-0.2, -0.15) is 0 Å². The first kappa shape index (κ1) is 13.9. The van der Waals surface area contributed by atoms with E-state index in [0.717, 1.165) is 0 Å². The normalized spacial score (nSPS) is 11.9. The van der Waals surface area contributed by atoms with Crippen LogP contribution in [0.4, 0.5) is 5.69 Å². The van der Waals surface area contributed by atoms with Gasteiger partial charge in [-0.1, -0.05) is 23.7 Å². The Morgan fingerprint density at radius 2 is 1.86 bits per heavy atom. The van der Waals surface area contributed by atoms with Gasteiger partial charge in [0.1, 0.15) is 0 Å². The maximum atomic E-state index is 12.4. The molecule has 0 fully saturated rings. The van der Waals surface area contributed by atoms with Gasteiger partial charge in [0.15, 0.2) is 0 Å². The van der Waals surface area contributed by atoms with Crippen LogP contribution in [0.1, 0.15) is 5.56 Å². The van der Waals surface area contributed by atoms with Crippen LogP contribution in [0, 0.1) is 0 Å². The van der Waals surface area contributed by atoms with E-state index in [-0.39, 0.29) is 10.9 Å². The average Bonchev–Trinajstić information content (AvgIpc) is 2.85. The Labute approximate surface area is 126 Å². The van der Waals surface area contributed by atoms with Crippen LogP contribution < -0.4 is 5.73 Å². The van der Waals surface area contributed by atoms with Crippen LogP contribution in [0.15, 0.2) is 47.6 Å². The Kier molecular flexibility index (Phi) is 3.35. The predicted octanol–water partition coefficient (Wildman–Crippen LogP) is 2.77. The van der Waals surface area contributed by atoms with E-state index >= 15 is 0 Å². The number of anilines is 1. The third-order valence-electron chi connectivity index (χ3n) is 3.05. The van der Waals surface area contributed by atoms with Gasteiger partial charge in [0, 0.05) is 10.7 Å². The molecule has 3 aromatic rings. The SMILES string of the molecule is Nc1ccc2nc(S(=O)(=O)Cc3ccc(Cl)cc3)[nH]c2c1. The molecule has 0 saturated carbocycles. The van der Waals surface area contributed by atoms with Crippen molar-refractivity contribution in [2.45, 2.75) is 10.9 Å². The number of nitrogen functional groups attached to an aromatic ring is 1. The molecular weight excluding hydrogens is 310 g/mol. The molecule has 7 heteroatoms. The second-order valence-corrected chi connectivity index (χ2v) is 7.05. The van der Waals surface area contributed by atoms with Gasteiger partial charge in [-0.25, -0.2) is 13.4 Å². The third kappa shape index (κ3) is 2.86. The van der Waals surface area contributed by atoms with Gasteiger partial charge in [-0.15, -0.1) is 0 Å². The summed E-state index contributed by atoms with van der Waals surface area (Å²) in [5.41, 5.74) is 8.04. The molecule has 0 bridgehead atoms. The number of rotatable bonds is 3. The molecule has 3 rings (SSSR count). The summed E-state index contributed by atoms with van der Waals surface area (Å²) >= 11 is 5.79. The number of fused-ring (bicyclic) bond motifs is 1. The van der Waals surface area contributed by atoms with E-state index < -0.39 is 9.84 Å². The quantitative estimate of drug-likeness (QED) is 0.726. The lowest BCUT2D eigenvalue weighted by molar-refractivity contribution is 0.588. The molecule has 108 valence electrons. The van der Waals surface area contributed by atoms with Gasteiger partial charge in [0.05, 0.1) is 16.8 Å². The summed E-state index contributed by atoms with van der Waals surface area (Å²) in [5, 5.41) is 0.508. The molecule has 0 aliphatic carbocycles. The van der Waals surface area contributed by atoms with Crippen LogP contribution in [-0.4, -0.2) is 18.4 Å². The molecule has 0 radical (unpaired) electrons. The molecule has 1 heterocycles. The first-order chi connectivity index (χ1) is 9.94. The maximum Gasteiger partial charge on any atom is 0.226 e. The van der Waals surface area contributed by atoms with Crippen LogP contribution in [-0.2, 0) is 15.6 Å². The van der Waals surface area contributed by atoms with E-state index in [4.69, 9.17) is 17.3 Å². The van der Waals surface area contributed by atoms with E-state index in [1.807, 2.05) is 0 Å². The highest BCUT2D eigenvalue weighted by Gasteiger charge is 2.20. The molecule has 0 saturated heterocycles. The second kappa shape index (κ2) is 5.05. The molecule has 1 aromatic heterocycles. The number of hydrogen-bond donors (Lipinski definition) is 2. The summed E-state index contributed by atoms with van der Waals surface area (Å²) in [6.45, 7) is 0. The van der Waals surface area contributed by atoms with Crippen molar-refractivity contribution >= 4 is 38.2 Å². The summed E-state index contributed by atoms with van der Waals surface area (Å²) in [5.74, 6) is -0.139. The smallest absolute Gasteiger partial charge is 0.226 e. The minimum atomic E-state index is -3.55. The van der Waals surface area contributed by atoms with Crippen molar-refractivity contribution in [1.29, 1.82) is 0 Å². The fourth-order valence-corrected chi connectivity index (χ4v) is 3.42. The Hall–Kier alpha value is -2.05. The summed E-state index contributed by atoms with van der Waals surface area (Å²) in [6, 6.07) is 11.7. The van der Waals surface area contributed by atoms with Gasteiger partial charge in [-0.05, 0) is 35.9 Å². The lowest BCUT2D eigenvalue weighted by atomic mass is 10.2. The average molecular weight is 322 g/mol. The molecule has 0 unspecified atom stereocenters. The van der Waals surface area contributed by atoms with Crippen molar-refractivity contribution in [2.24, 2.45) is 0 Å². The van der Waals surface area contributed by atoms with Crippen molar-refractivity contribution in [3.63, 3.8) is 0 Å². The zero-order valence-electron chi connectivity index (χ0n) is 10.9. The van der Waals surface area contributed by atoms with Crippen molar-refractivity contribution in [1.82, 2.24) is 9.97 Å². The molecule has 0 aliphatic rings. The van der Waals surface area contributed by atoms with Gasteiger partial charge in [0.2, 0.25) is 15.0 Å². The standard InChI is InChI=1S/C14H12ClN3O2S/c15-10-3-1-9(2-4-10)8-21(19,20)14-17-12-6-5-11(16)7-13(12)18-14/h1-7H,8,16H2,(H,17,18). The maximum absolute atomic E-state index is 12.4. The Bertz CT molecular complexity index is 902. The molecule has 0 atom stereocenters. The highest BCUT2D eigenvalue weighted by molar-refractivity contribution is 7.90. The molecule has 21 heavy (non-hydrogen) atoms. The topological polar surface area (TPSA) is 88.8 Å². The number of benzene rings is 2. The molecule has 0 amide bonds. The van der Waals surface area contributed by atoms with Crippen molar-refractivity contribution in [3.05, 3.63) is 53.1 Å². The first-order valence-electron chi connectivity index (χ1n) is 6.16. The minimum absolute atomic E-state index is 0.0574. The molecule has 3 N–H and O–H groups in total. The summed E-state index contributed by atoms with van der Waals surface area (Å²) in [6.07, 6.45) is 0. The Balaban J connectivity index is 1.97. The molecule has 0 aliphatic heterocycles. The fourth-order valence-electron chi connectivity index (χ4n) is 2.02. The predicted molar refractivity (Wildman–Crippen MR) is 82.8 cm³/mol. The number of sulfone groups is 1. The fraction of sp³-hybridized carbons (Fsp3) is 0.0714. The number of aromatic amines is 1. The number of aromatic nitrogens is 2. The van der Waals surface area contributed by atoms with Gasteiger partial charge in [-0.3, -0.25) is 0 Å². The number of imidazole rings is 1. The molecule has 5 nitrogen and oxygen atoms in total. The lowest BCUT2D eigenvalue weighted by Gasteiger charge is -2.01. The number of nitrogens with one attached hydrogen (secondary N) is 1. The van der Waals surface area contributed by atoms with Crippen LogP contribution in [0.2, 0.25) is 5.02 Å². The van der Waals surface area contributed by atoms with Crippen LogP contribution >= 0.6 is 11.6 Å². The Morgan fingerprint density at radius 3 is 2.57 bits per heavy atom. The van der Waals surface area contributed by atoms with Crippen LogP contribution in [0.25, 0.3) is 11.0 Å². The highest BCUT2D eigenvalue weighted by atomic mass is 35.5. The summed E-state index contributed by atoms with van der Waals surface area (Å²) in [4.78, 5) is 6.92. The second-order valence-electron chi connectivity index (χ2n) is 4.70.